The van der Waals surface area contributed by atoms with Crippen LogP contribution in [0.1, 0.15) is 13.8 Å². The van der Waals surface area contributed by atoms with Crippen LogP contribution in [0.5, 0.6) is 5.75 Å². The molecular formula is C15H16ClNO. The van der Waals surface area contributed by atoms with Crippen molar-refractivity contribution in [1.82, 2.24) is 0 Å². The van der Waals surface area contributed by atoms with Crippen LogP contribution < -0.4 is 10.5 Å². The Balaban J connectivity index is 2.28. The Morgan fingerprint density at radius 3 is 2.28 bits per heavy atom. The number of rotatable bonds is 3. The van der Waals surface area contributed by atoms with Crippen molar-refractivity contribution >= 4 is 17.3 Å². The van der Waals surface area contributed by atoms with Crippen molar-refractivity contribution in [3.8, 4) is 16.9 Å². The molecule has 2 aromatic rings. The molecule has 0 amide bonds. The molecule has 0 aliphatic heterocycles. The van der Waals surface area contributed by atoms with Crippen LogP contribution in [0, 0.1) is 0 Å². The summed E-state index contributed by atoms with van der Waals surface area (Å²) >= 11 is 6.18. The molecule has 0 unspecified atom stereocenters. The van der Waals surface area contributed by atoms with Gasteiger partial charge in [-0.05, 0) is 43.7 Å². The highest BCUT2D eigenvalue weighted by atomic mass is 35.5. The summed E-state index contributed by atoms with van der Waals surface area (Å²) in [4.78, 5) is 0. The first-order valence-corrected chi connectivity index (χ1v) is 6.26. The molecule has 0 saturated heterocycles. The van der Waals surface area contributed by atoms with E-state index in [1.807, 2.05) is 50.2 Å². The smallest absolute Gasteiger partial charge is 0.119 e. The summed E-state index contributed by atoms with van der Waals surface area (Å²) in [5, 5.41) is 0.660. The molecule has 2 aromatic carbocycles. The van der Waals surface area contributed by atoms with E-state index in [2.05, 4.69) is 0 Å². The van der Waals surface area contributed by atoms with E-state index in [1.54, 1.807) is 6.07 Å². The van der Waals surface area contributed by atoms with Crippen molar-refractivity contribution in [2.24, 2.45) is 0 Å². The average Bonchev–Trinajstić information content (AvgIpc) is 2.30. The minimum absolute atomic E-state index is 0.177. The van der Waals surface area contributed by atoms with Crippen molar-refractivity contribution < 1.29 is 4.74 Å². The maximum atomic E-state index is 6.18. The van der Waals surface area contributed by atoms with Gasteiger partial charge >= 0.3 is 0 Å². The molecule has 0 radical (unpaired) electrons. The molecule has 0 aliphatic carbocycles. The number of hydrogen-bond donors (Lipinski definition) is 1. The summed E-state index contributed by atoms with van der Waals surface area (Å²) in [5.74, 6) is 0.861. The van der Waals surface area contributed by atoms with E-state index >= 15 is 0 Å². The van der Waals surface area contributed by atoms with Gasteiger partial charge < -0.3 is 10.5 Å². The molecule has 94 valence electrons. The molecule has 0 heterocycles. The Morgan fingerprint density at radius 1 is 1.06 bits per heavy atom. The summed E-state index contributed by atoms with van der Waals surface area (Å²) in [6.45, 7) is 4.01. The molecule has 0 aromatic heterocycles. The van der Waals surface area contributed by atoms with E-state index in [-0.39, 0.29) is 6.10 Å². The highest BCUT2D eigenvalue weighted by Gasteiger charge is 2.04. The number of hydrogen-bond acceptors (Lipinski definition) is 2. The molecule has 0 saturated carbocycles. The fraction of sp³-hybridized carbons (Fsp3) is 0.200. The van der Waals surface area contributed by atoms with Gasteiger partial charge in [-0.3, -0.25) is 0 Å². The van der Waals surface area contributed by atoms with E-state index in [0.29, 0.717) is 10.7 Å². The van der Waals surface area contributed by atoms with Gasteiger partial charge in [-0.1, -0.05) is 29.8 Å². The second-order valence-corrected chi connectivity index (χ2v) is 4.84. The first-order valence-electron chi connectivity index (χ1n) is 5.88. The fourth-order valence-electron chi connectivity index (χ4n) is 1.75. The lowest BCUT2D eigenvalue weighted by molar-refractivity contribution is 0.242. The van der Waals surface area contributed by atoms with Crippen LogP contribution >= 0.6 is 11.6 Å². The third-order valence-electron chi connectivity index (χ3n) is 2.53. The number of anilines is 1. The Morgan fingerprint density at radius 2 is 1.72 bits per heavy atom. The molecule has 18 heavy (non-hydrogen) atoms. The maximum Gasteiger partial charge on any atom is 0.119 e. The van der Waals surface area contributed by atoms with Crippen molar-refractivity contribution in [2.45, 2.75) is 20.0 Å². The predicted molar refractivity (Wildman–Crippen MR) is 77.1 cm³/mol. The van der Waals surface area contributed by atoms with Crippen LogP contribution in [0.3, 0.4) is 0 Å². The number of benzene rings is 2. The predicted octanol–water partition coefficient (Wildman–Crippen LogP) is 4.38. The lowest BCUT2D eigenvalue weighted by Crippen LogP contribution is -2.05. The van der Waals surface area contributed by atoms with Crippen molar-refractivity contribution in [2.75, 3.05) is 5.73 Å². The average molecular weight is 262 g/mol. The standard InChI is InChI=1S/C15H16ClNO/c1-10(2)18-13-6-3-11(4-7-13)14-8-5-12(17)9-15(14)16/h3-10H,17H2,1-2H3. The van der Waals surface area contributed by atoms with Gasteiger partial charge in [-0.15, -0.1) is 0 Å². The van der Waals surface area contributed by atoms with Crippen molar-refractivity contribution in [3.63, 3.8) is 0 Å². The van der Waals surface area contributed by atoms with Crippen LogP contribution in [-0.4, -0.2) is 6.10 Å². The second-order valence-electron chi connectivity index (χ2n) is 4.43. The molecule has 0 bridgehead atoms. The summed E-state index contributed by atoms with van der Waals surface area (Å²) in [7, 11) is 0. The van der Waals surface area contributed by atoms with Crippen LogP contribution in [-0.2, 0) is 0 Å². The number of ether oxygens (including phenoxy) is 1. The summed E-state index contributed by atoms with van der Waals surface area (Å²) in [5.41, 5.74) is 8.38. The van der Waals surface area contributed by atoms with E-state index < -0.39 is 0 Å². The minimum Gasteiger partial charge on any atom is -0.491 e. The van der Waals surface area contributed by atoms with E-state index in [1.165, 1.54) is 0 Å². The van der Waals surface area contributed by atoms with Crippen LogP contribution in [0.15, 0.2) is 42.5 Å². The number of nitrogens with two attached hydrogens (primary N) is 1. The summed E-state index contributed by atoms with van der Waals surface area (Å²) < 4.78 is 5.60. The van der Waals surface area contributed by atoms with Gasteiger partial charge in [0.2, 0.25) is 0 Å². The molecule has 2 nitrogen and oxygen atoms in total. The van der Waals surface area contributed by atoms with Gasteiger partial charge in [0, 0.05) is 11.3 Å². The van der Waals surface area contributed by atoms with Gasteiger partial charge in [-0.2, -0.15) is 0 Å². The van der Waals surface area contributed by atoms with Gasteiger partial charge in [0.15, 0.2) is 0 Å². The summed E-state index contributed by atoms with van der Waals surface area (Å²) in [6.07, 6.45) is 0.177. The molecule has 0 aliphatic rings. The topological polar surface area (TPSA) is 35.2 Å². The van der Waals surface area contributed by atoms with E-state index in [4.69, 9.17) is 22.1 Å². The van der Waals surface area contributed by atoms with Gasteiger partial charge in [0.05, 0.1) is 11.1 Å². The van der Waals surface area contributed by atoms with Crippen molar-refractivity contribution in [1.29, 1.82) is 0 Å². The Labute approximate surface area is 112 Å². The molecule has 0 atom stereocenters. The molecule has 2 N–H and O–H groups in total. The lowest BCUT2D eigenvalue weighted by Gasteiger charge is -2.11. The molecule has 0 fully saturated rings. The van der Waals surface area contributed by atoms with E-state index in [0.717, 1.165) is 16.9 Å². The zero-order valence-electron chi connectivity index (χ0n) is 10.5. The second kappa shape index (κ2) is 5.32. The largest absolute Gasteiger partial charge is 0.491 e. The third-order valence-corrected chi connectivity index (χ3v) is 2.84. The van der Waals surface area contributed by atoms with Gasteiger partial charge in [-0.25, -0.2) is 0 Å². The zero-order chi connectivity index (χ0) is 13.1. The minimum atomic E-state index is 0.177. The van der Waals surface area contributed by atoms with Crippen LogP contribution in [0.4, 0.5) is 5.69 Å². The van der Waals surface area contributed by atoms with Gasteiger partial charge in [0.25, 0.3) is 0 Å². The first-order chi connectivity index (χ1) is 8.56. The number of halogens is 1. The normalized spacial score (nSPS) is 10.7. The van der Waals surface area contributed by atoms with E-state index in [9.17, 15) is 0 Å². The molecule has 3 heteroatoms. The highest BCUT2D eigenvalue weighted by molar-refractivity contribution is 6.33. The molecular weight excluding hydrogens is 246 g/mol. The fourth-order valence-corrected chi connectivity index (χ4v) is 2.05. The first kappa shape index (κ1) is 12.8. The third kappa shape index (κ3) is 2.96. The van der Waals surface area contributed by atoms with Crippen molar-refractivity contribution in [3.05, 3.63) is 47.5 Å². The lowest BCUT2D eigenvalue weighted by atomic mass is 10.1. The Hall–Kier alpha value is -1.67. The Kier molecular flexibility index (Phi) is 3.78. The van der Waals surface area contributed by atoms with Crippen LogP contribution in [0.25, 0.3) is 11.1 Å². The summed E-state index contributed by atoms with van der Waals surface area (Å²) in [6, 6.07) is 13.4. The molecule has 2 rings (SSSR count). The quantitative estimate of drug-likeness (QED) is 0.833. The SMILES string of the molecule is CC(C)Oc1ccc(-c2ccc(N)cc2Cl)cc1. The maximum absolute atomic E-state index is 6.18. The van der Waals surface area contributed by atoms with Gasteiger partial charge in [0.1, 0.15) is 5.75 Å². The number of nitrogen functional groups attached to an aromatic ring is 1. The highest BCUT2D eigenvalue weighted by Crippen LogP contribution is 2.30. The Bertz CT molecular complexity index is 535. The monoisotopic (exact) mass is 261 g/mol. The molecule has 0 spiro atoms. The zero-order valence-corrected chi connectivity index (χ0v) is 11.2. The van der Waals surface area contributed by atoms with Crippen LogP contribution in [0.2, 0.25) is 5.02 Å².